The van der Waals surface area contributed by atoms with Crippen LogP contribution in [0.25, 0.3) is 0 Å². The highest BCUT2D eigenvalue weighted by atomic mass is 16.1. The van der Waals surface area contributed by atoms with Crippen molar-refractivity contribution in [3.63, 3.8) is 0 Å². The summed E-state index contributed by atoms with van der Waals surface area (Å²) in [5.74, 6) is 0.298. The van der Waals surface area contributed by atoms with Crippen molar-refractivity contribution in [3.05, 3.63) is 23.8 Å². The summed E-state index contributed by atoms with van der Waals surface area (Å²) in [6.07, 6.45) is 5.23. The van der Waals surface area contributed by atoms with Gasteiger partial charge < -0.3 is 0 Å². The van der Waals surface area contributed by atoms with Crippen LogP contribution in [0.4, 0.5) is 0 Å². The average molecular weight is 148 g/mol. The number of aromatic nitrogens is 2. The minimum Gasteiger partial charge on any atom is -0.299 e. The van der Waals surface area contributed by atoms with Gasteiger partial charge >= 0.3 is 0 Å². The molecule has 1 heterocycles. The summed E-state index contributed by atoms with van der Waals surface area (Å²) in [7, 11) is 0. The third kappa shape index (κ3) is 1.13. The molecular weight excluding hydrogens is 140 g/mol. The monoisotopic (exact) mass is 148 g/mol. The molecule has 0 fully saturated rings. The standard InChI is InChI=1S/C8H8N2O/c11-7-1-2-8-6(3-7)4-9-5-10-8/h4-5H,1-3H2. The van der Waals surface area contributed by atoms with E-state index in [9.17, 15) is 4.79 Å². The van der Waals surface area contributed by atoms with Gasteiger partial charge in [-0.25, -0.2) is 9.97 Å². The minimum atomic E-state index is 0.298. The Morgan fingerprint density at radius 1 is 1.36 bits per heavy atom. The van der Waals surface area contributed by atoms with E-state index in [4.69, 9.17) is 0 Å². The predicted molar refractivity (Wildman–Crippen MR) is 39.1 cm³/mol. The Morgan fingerprint density at radius 3 is 3.18 bits per heavy atom. The van der Waals surface area contributed by atoms with Gasteiger partial charge in [-0.15, -0.1) is 0 Å². The number of nitrogens with zero attached hydrogens (tertiary/aromatic N) is 2. The summed E-state index contributed by atoms with van der Waals surface area (Å²) in [5, 5.41) is 0. The molecule has 0 bridgehead atoms. The number of carbonyl (C=O) groups excluding carboxylic acids is 1. The second kappa shape index (κ2) is 2.42. The lowest BCUT2D eigenvalue weighted by Gasteiger charge is -2.11. The second-order valence-corrected chi connectivity index (χ2v) is 2.71. The number of rotatable bonds is 0. The first-order chi connectivity index (χ1) is 5.36. The van der Waals surface area contributed by atoms with Gasteiger partial charge in [0.15, 0.2) is 0 Å². The fourth-order valence-corrected chi connectivity index (χ4v) is 1.32. The van der Waals surface area contributed by atoms with Crippen molar-refractivity contribution in [2.45, 2.75) is 19.3 Å². The SMILES string of the molecule is O=C1CCc2ncncc2C1. The van der Waals surface area contributed by atoms with Gasteiger partial charge in [-0.1, -0.05) is 0 Å². The van der Waals surface area contributed by atoms with Crippen LogP contribution < -0.4 is 0 Å². The number of aryl methyl sites for hydroxylation is 1. The van der Waals surface area contributed by atoms with Crippen LogP contribution in [0.3, 0.4) is 0 Å². The molecule has 56 valence electrons. The second-order valence-electron chi connectivity index (χ2n) is 2.71. The lowest BCUT2D eigenvalue weighted by molar-refractivity contribution is -0.118. The highest BCUT2D eigenvalue weighted by molar-refractivity contribution is 5.82. The summed E-state index contributed by atoms with van der Waals surface area (Å²) < 4.78 is 0. The highest BCUT2D eigenvalue weighted by Crippen LogP contribution is 2.14. The van der Waals surface area contributed by atoms with Crippen molar-refractivity contribution in [1.29, 1.82) is 0 Å². The summed E-state index contributed by atoms with van der Waals surface area (Å²) >= 11 is 0. The van der Waals surface area contributed by atoms with E-state index in [0.717, 1.165) is 17.7 Å². The van der Waals surface area contributed by atoms with E-state index in [2.05, 4.69) is 9.97 Å². The van der Waals surface area contributed by atoms with Crippen LogP contribution in [0.2, 0.25) is 0 Å². The predicted octanol–water partition coefficient (Wildman–Crippen LogP) is 0.534. The molecule has 1 aliphatic rings. The number of ketones is 1. The van der Waals surface area contributed by atoms with Gasteiger partial charge in [0, 0.05) is 24.7 Å². The Balaban J connectivity index is 2.41. The molecule has 0 N–H and O–H groups in total. The fourth-order valence-electron chi connectivity index (χ4n) is 1.32. The number of fused-ring (bicyclic) bond motifs is 1. The first-order valence-corrected chi connectivity index (χ1v) is 3.66. The van der Waals surface area contributed by atoms with Gasteiger partial charge in [0.1, 0.15) is 12.1 Å². The van der Waals surface area contributed by atoms with Crippen LogP contribution in [-0.2, 0) is 17.6 Å². The topological polar surface area (TPSA) is 42.9 Å². The van der Waals surface area contributed by atoms with Gasteiger partial charge in [0.25, 0.3) is 0 Å². The van der Waals surface area contributed by atoms with Gasteiger partial charge in [0.05, 0.1) is 0 Å². The van der Waals surface area contributed by atoms with Crippen molar-refractivity contribution in [3.8, 4) is 0 Å². The third-order valence-electron chi connectivity index (χ3n) is 1.91. The molecule has 0 aliphatic heterocycles. The smallest absolute Gasteiger partial charge is 0.137 e. The average Bonchev–Trinajstić information content (AvgIpc) is 2.04. The molecule has 0 saturated carbocycles. The van der Waals surface area contributed by atoms with E-state index in [-0.39, 0.29) is 0 Å². The van der Waals surface area contributed by atoms with Crippen molar-refractivity contribution < 1.29 is 4.79 Å². The van der Waals surface area contributed by atoms with E-state index in [0.29, 0.717) is 18.6 Å². The van der Waals surface area contributed by atoms with E-state index >= 15 is 0 Å². The van der Waals surface area contributed by atoms with Crippen molar-refractivity contribution in [1.82, 2.24) is 9.97 Å². The zero-order valence-corrected chi connectivity index (χ0v) is 6.08. The van der Waals surface area contributed by atoms with Crippen LogP contribution >= 0.6 is 0 Å². The molecule has 1 aromatic heterocycles. The van der Waals surface area contributed by atoms with Gasteiger partial charge in [-0.2, -0.15) is 0 Å². The quantitative estimate of drug-likeness (QED) is 0.539. The Bertz CT molecular complexity index is 296. The molecule has 0 unspecified atom stereocenters. The first-order valence-electron chi connectivity index (χ1n) is 3.66. The normalized spacial score (nSPS) is 16.2. The molecule has 2 rings (SSSR count). The third-order valence-corrected chi connectivity index (χ3v) is 1.91. The van der Waals surface area contributed by atoms with E-state index in [1.807, 2.05) is 0 Å². The van der Waals surface area contributed by atoms with Crippen LogP contribution in [-0.4, -0.2) is 15.8 Å². The minimum absolute atomic E-state index is 0.298. The molecule has 0 atom stereocenters. The Morgan fingerprint density at radius 2 is 2.27 bits per heavy atom. The fraction of sp³-hybridized carbons (Fsp3) is 0.375. The summed E-state index contributed by atoms with van der Waals surface area (Å²) in [5.41, 5.74) is 2.04. The van der Waals surface area contributed by atoms with E-state index in [1.165, 1.54) is 6.33 Å². The zero-order valence-electron chi connectivity index (χ0n) is 6.08. The molecule has 0 saturated heterocycles. The Labute approximate surface area is 64.5 Å². The number of Topliss-reactive ketones (excluding diaryl/α,β-unsaturated/α-hetero) is 1. The Kier molecular flexibility index (Phi) is 1.42. The van der Waals surface area contributed by atoms with Crippen molar-refractivity contribution in [2.75, 3.05) is 0 Å². The molecule has 0 aromatic carbocycles. The lowest BCUT2D eigenvalue weighted by Crippen LogP contribution is -2.14. The highest BCUT2D eigenvalue weighted by Gasteiger charge is 2.15. The molecule has 3 heteroatoms. The maximum atomic E-state index is 11.0. The number of hydrogen-bond donors (Lipinski definition) is 0. The molecule has 0 spiro atoms. The van der Waals surface area contributed by atoms with Gasteiger partial charge in [-0.3, -0.25) is 4.79 Å². The number of hydrogen-bond acceptors (Lipinski definition) is 3. The molecule has 3 nitrogen and oxygen atoms in total. The van der Waals surface area contributed by atoms with Gasteiger partial charge in [-0.05, 0) is 12.0 Å². The lowest BCUT2D eigenvalue weighted by atomic mass is 9.96. The maximum absolute atomic E-state index is 11.0. The van der Waals surface area contributed by atoms with Crippen LogP contribution in [0.5, 0.6) is 0 Å². The first kappa shape index (κ1) is 6.46. The molecule has 1 aromatic rings. The van der Waals surface area contributed by atoms with Crippen LogP contribution in [0.1, 0.15) is 17.7 Å². The Hall–Kier alpha value is -1.25. The molecule has 0 radical (unpaired) electrons. The number of carbonyl (C=O) groups is 1. The molecule has 0 amide bonds. The largest absolute Gasteiger partial charge is 0.299 e. The maximum Gasteiger partial charge on any atom is 0.137 e. The van der Waals surface area contributed by atoms with Crippen molar-refractivity contribution >= 4 is 5.78 Å². The van der Waals surface area contributed by atoms with Gasteiger partial charge in [0.2, 0.25) is 0 Å². The summed E-state index contributed by atoms with van der Waals surface area (Å²) in [6.45, 7) is 0. The van der Waals surface area contributed by atoms with Crippen LogP contribution in [0.15, 0.2) is 12.5 Å². The molecular formula is C8H8N2O. The van der Waals surface area contributed by atoms with Crippen LogP contribution in [0, 0.1) is 0 Å². The zero-order chi connectivity index (χ0) is 7.68. The molecule has 11 heavy (non-hydrogen) atoms. The summed E-state index contributed by atoms with van der Waals surface area (Å²) in [6, 6.07) is 0. The van der Waals surface area contributed by atoms with Crippen molar-refractivity contribution in [2.24, 2.45) is 0 Å². The molecule has 1 aliphatic carbocycles. The van der Waals surface area contributed by atoms with E-state index in [1.54, 1.807) is 6.20 Å². The van der Waals surface area contributed by atoms with E-state index < -0.39 is 0 Å². The summed E-state index contributed by atoms with van der Waals surface area (Å²) in [4.78, 5) is 18.9.